The Kier molecular flexibility index (Phi) is 4.74. The maximum absolute atomic E-state index is 10.3. The minimum atomic E-state index is -0.446. The molecule has 1 aliphatic rings. The van der Waals surface area contributed by atoms with Gasteiger partial charge in [-0.3, -0.25) is 9.63 Å². The molecule has 1 amide bonds. The minimum absolute atomic E-state index is 0.0506. The third kappa shape index (κ3) is 4.82. The highest BCUT2D eigenvalue weighted by Gasteiger charge is 2.12. The van der Waals surface area contributed by atoms with E-state index in [-0.39, 0.29) is 6.61 Å². The molecule has 1 heterocycles. The lowest BCUT2D eigenvalue weighted by Crippen LogP contribution is -2.34. The summed E-state index contributed by atoms with van der Waals surface area (Å²) in [5.74, 6) is 0.201. The van der Waals surface area contributed by atoms with Crippen molar-refractivity contribution in [3.63, 3.8) is 0 Å². The normalized spacial score (nSPS) is 18.8. The molecule has 0 aromatic rings. The van der Waals surface area contributed by atoms with Crippen LogP contribution in [0.4, 0.5) is 0 Å². The predicted molar refractivity (Wildman–Crippen MR) is 48.7 cm³/mol. The van der Waals surface area contributed by atoms with Crippen LogP contribution in [-0.4, -0.2) is 32.1 Å². The lowest BCUT2D eigenvalue weighted by Gasteiger charge is -2.22. The van der Waals surface area contributed by atoms with Crippen molar-refractivity contribution in [3.05, 3.63) is 0 Å². The zero-order valence-electron chi connectivity index (χ0n) is 7.71. The Bertz CT molecular complexity index is 157. The molecular weight excluding hydrogens is 170 g/mol. The van der Waals surface area contributed by atoms with Crippen molar-refractivity contribution in [1.82, 2.24) is 10.8 Å². The highest BCUT2D eigenvalue weighted by molar-refractivity contribution is 5.74. The number of hydrogen-bond donors (Lipinski definition) is 3. The van der Waals surface area contributed by atoms with Crippen molar-refractivity contribution in [1.29, 1.82) is 0 Å². The first-order valence-electron chi connectivity index (χ1n) is 4.62. The number of primary amides is 1. The van der Waals surface area contributed by atoms with Gasteiger partial charge in [-0.1, -0.05) is 0 Å². The fourth-order valence-corrected chi connectivity index (χ4v) is 1.38. The Morgan fingerprint density at radius 1 is 1.54 bits per heavy atom. The highest BCUT2D eigenvalue weighted by atomic mass is 16.6. The molecule has 5 heteroatoms. The van der Waals surface area contributed by atoms with Crippen LogP contribution in [0.1, 0.15) is 12.8 Å². The molecule has 0 aliphatic carbocycles. The Hall–Kier alpha value is -0.650. The second kappa shape index (κ2) is 5.90. The zero-order chi connectivity index (χ0) is 9.52. The van der Waals surface area contributed by atoms with Gasteiger partial charge in [0.2, 0.25) is 5.91 Å². The van der Waals surface area contributed by atoms with Gasteiger partial charge in [0.25, 0.3) is 0 Å². The summed E-state index contributed by atoms with van der Waals surface area (Å²) >= 11 is 0. The number of carbonyl (C=O) groups is 1. The Morgan fingerprint density at radius 3 is 2.85 bits per heavy atom. The SMILES string of the molecule is NC(=O)CONCC1CCNCC1. The number of nitrogens with two attached hydrogens (primary N) is 1. The van der Waals surface area contributed by atoms with E-state index in [9.17, 15) is 4.79 Å². The maximum Gasteiger partial charge on any atom is 0.245 e. The molecule has 0 spiro atoms. The topological polar surface area (TPSA) is 76.4 Å². The summed E-state index contributed by atoms with van der Waals surface area (Å²) in [7, 11) is 0. The van der Waals surface area contributed by atoms with Gasteiger partial charge < -0.3 is 11.1 Å². The van der Waals surface area contributed by atoms with E-state index in [2.05, 4.69) is 10.8 Å². The monoisotopic (exact) mass is 187 g/mol. The lowest BCUT2D eigenvalue weighted by molar-refractivity contribution is -0.125. The number of hydroxylamine groups is 1. The van der Waals surface area contributed by atoms with Gasteiger partial charge >= 0.3 is 0 Å². The van der Waals surface area contributed by atoms with Crippen molar-refractivity contribution in [3.8, 4) is 0 Å². The number of rotatable bonds is 5. The first-order chi connectivity index (χ1) is 6.29. The molecular formula is C8H17N3O2. The molecule has 0 aromatic heterocycles. The van der Waals surface area contributed by atoms with Crippen LogP contribution in [0.3, 0.4) is 0 Å². The molecule has 0 bridgehead atoms. The standard InChI is InChI=1S/C8H17N3O2/c9-8(12)6-13-11-5-7-1-3-10-4-2-7/h7,10-11H,1-6H2,(H2,9,12). The number of piperidine rings is 1. The molecule has 1 aliphatic heterocycles. The molecule has 0 saturated carbocycles. The molecule has 13 heavy (non-hydrogen) atoms. The summed E-state index contributed by atoms with van der Waals surface area (Å²) < 4.78 is 0. The van der Waals surface area contributed by atoms with Gasteiger partial charge in [-0.25, -0.2) is 5.48 Å². The average molecular weight is 187 g/mol. The van der Waals surface area contributed by atoms with Crippen LogP contribution >= 0.6 is 0 Å². The number of nitrogens with one attached hydrogen (secondary N) is 2. The van der Waals surface area contributed by atoms with Gasteiger partial charge in [-0.2, -0.15) is 0 Å². The van der Waals surface area contributed by atoms with Gasteiger partial charge in [0, 0.05) is 6.54 Å². The third-order valence-electron chi connectivity index (χ3n) is 2.15. The van der Waals surface area contributed by atoms with E-state index in [0.29, 0.717) is 5.92 Å². The second-order valence-corrected chi connectivity index (χ2v) is 3.30. The predicted octanol–water partition coefficient (Wildman–Crippen LogP) is -1.01. The Morgan fingerprint density at radius 2 is 2.23 bits per heavy atom. The van der Waals surface area contributed by atoms with E-state index in [1.807, 2.05) is 0 Å². The van der Waals surface area contributed by atoms with Crippen LogP contribution in [0.25, 0.3) is 0 Å². The molecule has 0 radical (unpaired) electrons. The Balaban J connectivity index is 1.95. The molecule has 1 fully saturated rings. The second-order valence-electron chi connectivity index (χ2n) is 3.30. The van der Waals surface area contributed by atoms with E-state index in [0.717, 1.165) is 32.5 Å². The summed E-state index contributed by atoms with van der Waals surface area (Å²) in [6.07, 6.45) is 2.32. The largest absolute Gasteiger partial charge is 0.368 e. The van der Waals surface area contributed by atoms with Gasteiger partial charge in [0.05, 0.1) is 0 Å². The van der Waals surface area contributed by atoms with E-state index >= 15 is 0 Å². The zero-order valence-corrected chi connectivity index (χ0v) is 7.71. The summed E-state index contributed by atoms with van der Waals surface area (Å²) in [5, 5.41) is 3.28. The van der Waals surface area contributed by atoms with Crippen LogP contribution in [-0.2, 0) is 9.63 Å². The fraction of sp³-hybridized carbons (Fsp3) is 0.875. The molecule has 0 aromatic carbocycles. The molecule has 1 saturated heterocycles. The van der Waals surface area contributed by atoms with Crippen LogP contribution in [0, 0.1) is 5.92 Å². The molecule has 4 N–H and O–H groups in total. The van der Waals surface area contributed by atoms with Crippen LogP contribution < -0.4 is 16.5 Å². The van der Waals surface area contributed by atoms with Crippen molar-refractivity contribution < 1.29 is 9.63 Å². The van der Waals surface area contributed by atoms with Crippen molar-refractivity contribution >= 4 is 5.91 Å². The minimum Gasteiger partial charge on any atom is -0.368 e. The molecule has 0 unspecified atom stereocenters. The van der Waals surface area contributed by atoms with Gasteiger partial charge in [0.1, 0.15) is 6.61 Å². The molecule has 76 valence electrons. The summed E-state index contributed by atoms with van der Waals surface area (Å²) in [5.41, 5.74) is 7.66. The van der Waals surface area contributed by atoms with Gasteiger partial charge in [-0.05, 0) is 31.8 Å². The first kappa shape index (κ1) is 10.4. The van der Waals surface area contributed by atoms with E-state index in [1.165, 1.54) is 0 Å². The van der Waals surface area contributed by atoms with Crippen molar-refractivity contribution in [2.75, 3.05) is 26.2 Å². The summed E-state index contributed by atoms with van der Waals surface area (Å²) in [6.45, 7) is 2.89. The van der Waals surface area contributed by atoms with Crippen molar-refractivity contribution in [2.45, 2.75) is 12.8 Å². The van der Waals surface area contributed by atoms with E-state index in [1.54, 1.807) is 0 Å². The maximum atomic E-state index is 10.3. The Labute approximate surface area is 78.0 Å². The third-order valence-corrected chi connectivity index (χ3v) is 2.15. The number of hydrogen-bond acceptors (Lipinski definition) is 4. The quantitative estimate of drug-likeness (QED) is 0.381. The summed E-state index contributed by atoms with van der Waals surface area (Å²) in [6, 6.07) is 0. The van der Waals surface area contributed by atoms with E-state index in [4.69, 9.17) is 10.6 Å². The number of amides is 1. The highest BCUT2D eigenvalue weighted by Crippen LogP contribution is 2.09. The first-order valence-corrected chi connectivity index (χ1v) is 4.62. The summed E-state index contributed by atoms with van der Waals surface area (Å²) in [4.78, 5) is 15.2. The van der Waals surface area contributed by atoms with Gasteiger partial charge in [0.15, 0.2) is 0 Å². The van der Waals surface area contributed by atoms with Gasteiger partial charge in [-0.15, -0.1) is 0 Å². The molecule has 1 rings (SSSR count). The van der Waals surface area contributed by atoms with E-state index < -0.39 is 5.91 Å². The smallest absolute Gasteiger partial charge is 0.245 e. The van der Waals surface area contributed by atoms with Crippen LogP contribution in [0.2, 0.25) is 0 Å². The lowest BCUT2D eigenvalue weighted by atomic mass is 9.99. The fourth-order valence-electron chi connectivity index (χ4n) is 1.38. The number of carbonyl (C=O) groups excluding carboxylic acids is 1. The molecule has 0 atom stereocenters. The molecule has 5 nitrogen and oxygen atoms in total. The van der Waals surface area contributed by atoms with Crippen LogP contribution in [0.15, 0.2) is 0 Å². The average Bonchev–Trinajstić information content (AvgIpc) is 2.14. The van der Waals surface area contributed by atoms with Crippen molar-refractivity contribution in [2.24, 2.45) is 11.7 Å². The van der Waals surface area contributed by atoms with Crippen LogP contribution in [0.5, 0.6) is 0 Å².